The Morgan fingerprint density at radius 2 is 1.28 bits per heavy atom. The van der Waals surface area contributed by atoms with Gasteiger partial charge in [-0.3, -0.25) is 0 Å². The van der Waals surface area contributed by atoms with Crippen molar-refractivity contribution in [2.45, 2.75) is 56.8 Å². The van der Waals surface area contributed by atoms with Gasteiger partial charge in [-0.25, -0.2) is 0 Å². The number of ether oxygens (including phenoxy) is 2. The smallest absolute Gasteiger partial charge is 0.496 e. The van der Waals surface area contributed by atoms with Crippen LogP contribution in [0.5, 0.6) is 11.5 Å². The summed E-state index contributed by atoms with van der Waals surface area (Å²) < 4.78 is 11.8. The van der Waals surface area contributed by atoms with Gasteiger partial charge in [-0.05, 0) is 97.2 Å². The van der Waals surface area contributed by atoms with Crippen LogP contribution in [-0.2, 0) is 50.6 Å². The van der Waals surface area contributed by atoms with Crippen LogP contribution in [0.25, 0.3) is 0 Å². The zero-order valence-corrected chi connectivity index (χ0v) is 24.7. The number of aryl methyl sites for hydroxylation is 2. The van der Waals surface area contributed by atoms with Crippen LogP contribution < -0.4 is 9.47 Å². The van der Waals surface area contributed by atoms with Crippen LogP contribution in [-0.4, -0.2) is 14.2 Å². The number of hydrogen-bond donors (Lipinski definition) is 0. The van der Waals surface area contributed by atoms with Gasteiger partial charge in [0.25, 0.3) is 0 Å². The van der Waals surface area contributed by atoms with E-state index in [0.717, 1.165) is 24.3 Å². The zero-order valence-electron chi connectivity index (χ0n) is 23.1. The molecule has 1 unspecified atom stereocenters. The monoisotopic (exact) mass is 576 g/mol. The predicted octanol–water partition coefficient (Wildman–Crippen LogP) is 8.27. The van der Waals surface area contributed by atoms with Crippen molar-refractivity contribution in [1.29, 1.82) is 0 Å². The van der Waals surface area contributed by atoms with E-state index in [9.17, 15) is 0 Å². The summed E-state index contributed by atoms with van der Waals surface area (Å²) in [4.78, 5) is 0. The number of fused-ring (bicyclic) bond motifs is 1. The van der Waals surface area contributed by atoms with Crippen molar-refractivity contribution in [3.63, 3.8) is 0 Å². The SMILES string of the molecule is C=C.C=C.COc1ccc2c3c1CC1=CCCC1Cc1c(OC)ccc4c1[C@@]3(CC2)CC4.[CH3-].[CH3-].[CH3-].[Rh+3]. The zero-order chi connectivity index (χ0) is 22.9. The van der Waals surface area contributed by atoms with E-state index in [1.165, 1.54) is 49.7 Å². The molecule has 1 spiro atoms. The molecule has 36 heavy (non-hydrogen) atoms. The average Bonchev–Trinajstić information content (AvgIpc) is 3.56. The first-order chi connectivity index (χ1) is 15.7. The summed E-state index contributed by atoms with van der Waals surface area (Å²) in [6.07, 6.45) is 12.0. The Labute approximate surface area is 234 Å². The van der Waals surface area contributed by atoms with Crippen LogP contribution in [0.15, 0.2) is 62.2 Å². The molecule has 2 aromatic rings. The average molecular weight is 577 g/mol. The van der Waals surface area contributed by atoms with Gasteiger partial charge < -0.3 is 31.8 Å². The summed E-state index contributed by atoms with van der Waals surface area (Å²) in [5.74, 6) is 2.83. The van der Waals surface area contributed by atoms with Crippen LogP contribution in [0, 0.1) is 28.2 Å². The molecule has 198 valence electrons. The second kappa shape index (κ2) is 14.0. The Morgan fingerprint density at radius 1 is 0.778 bits per heavy atom. The maximum atomic E-state index is 5.92. The molecule has 0 bridgehead atoms. The fourth-order valence-corrected chi connectivity index (χ4v) is 6.89. The van der Waals surface area contributed by atoms with Gasteiger partial charge in [0.15, 0.2) is 0 Å². The fourth-order valence-electron chi connectivity index (χ4n) is 6.89. The van der Waals surface area contributed by atoms with Gasteiger partial charge in [-0.15, -0.1) is 26.3 Å². The molecule has 2 aromatic carbocycles. The molecule has 0 saturated heterocycles. The van der Waals surface area contributed by atoms with E-state index in [0.29, 0.717) is 5.92 Å². The van der Waals surface area contributed by atoms with E-state index in [4.69, 9.17) is 9.47 Å². The number of rotatable bonds is 2. The third-order valence-electron chi connectivity index (χ3n) is 8.03. The van der Waals surface area contributed by atoms with Gasteiger partial charge in [0, 0.05) is 11.0 Å². The minimum atomic E-state index is 0. The van der Waals surface area contributed by atoms with E-state index in [2.05, 4.69) is 56.7 Å². The molecule has 0 aromatic heterocycles. The topological polar surface area (TPSA) is 18.5 Å². The Hall–Kier alpha value is -2.12. The van der Waals surface area contributed by atoms with Gasteiger partial charge in [0.2, 0.25) is 0 Å². The summed E-state index contributed by atoms with van der Waals surface area (Å²) in [5, 5.41) is 0. The van der Waals surface area contributed by atoms with Gasteiger partial charge in [-0.1, -0.05) is 23.8 Å². The van der Waals surface area contributed by atoms with Crippen LogP contribution in [0.1, 0.15) is 59.1 Å². The molecule has 3 heteroatoms. The molecule has 0 fully saturated rings. The van der Waals surface area contributed by atoms with Gasteiger partial charge >= 0.3 is 19.5 Å². The molecule has 0 radical (unpaired) electrons. The van der Waals surface area contributed by atoms with Crippen LogP contribution in [0.4, 0.5) is 0 Å². The van der Waals surface area contributed by atoms with Crippen molar-refractivity contribution in [3.8, 4) is 11.5 Å². The molecule has 0 amide bonds. The minimum Gasteiger partial charge on any atom is -0.496 e. The number of allylic oxidation sites excluding steroid dienone is 2. The summed E-state index contributed by atoms with van der Waals surface area (Å²) in [6, 6.07) is 9.12. The second-order valence-corrected chi connectivity index (χ2v) is 9.08. The fraction of sp³-hybridized carbons (Fsp3) is 0.364. The molecule has 2 nitrogen and oxygen atoms in total. The summed E-state index contributed by atoms with van der Waals surface area (Å²) in [5.41, 5.74) is 11.1. The van der Waals surface area contributed by atoms with Crippen LogP contribution in [0.2, 0.25) is 0 Å². The number of methoxy groups -OCH3 is 2. The van der Waals surface area contributed by atoms with Crippen molar-refractivity contribution < 1.29 is 29.0 Å². The molecular weight excluding hydrogens is 531 g/mol. The largest absolute Gasteiger partial charge is 3.00 e. The van der Waals surface area contributed by atoms with Crippen molar-refractivity contribution in [3.05, 3.63) is 118 Å². The predicted molar refractivity (Wildman–Crippen MR) is 153 cm³/mol. The second-order valence-electron chi connectivity index (χ2n) is 9.08. The summed E-state index contributed by atoms with van der Waals surface area (Å²) in [7, 11) is 3.68. The molecule has 2 atom stereocenters. The molecule has 4 aliphatic rings. The molecule has 4 aliphatic carbocycles. The van der Waals surface area contributed by atoms with Gasteiger partial charge in [-0.2, -0.15) is 0 Å². The van der Waals surface area contributed by atoms with Crippen molar-refractivity contribution in [1.82, 2.24) is 0 Å². The van der Waals surface area contributed by atoms with E-state index < -0.39 is 0 Å². The number of hydrogen-bond acceptors (Lipinski definition) is 2. The molecule has 0 N–H and O–H groups in total. The molecule has 0 saturated carbocycles. The number of benzene rings is 2. The molecule has 0 heterocycles. The Kier molecular flexibility index (Phi) is 13.2. The van der Waals surface area contributed by atoms with Crippen molar-refractivity contribution in [2.24, 2.45) is 5.92 Å². The van der Waals surface area contributed by atoms with E-state index in [-0.39, 0.29) is 47.2 Å². The summed E-state index contributed by atoms with van der Waals surface area (Å²) in [6.45, 7) is 12.0. The first-order valence-corrected chi connectivity index (χ1v) is 11.8. The van der Waals surface area contributed by atoms with Crippen LogP contribution >= 0.6 is 0 Å². The Balaban J connectivity index is 0.00000146. The van der Waals surface area contributed by atoms with Crippen LogP contribution in [0.3, 0.4) is 0 Å². The van der Waals surface area contributed by atoms with Gasteiger partial charge in [0.1, 0.15) is 11.5 Å². The first kappa shape index (κ1) is 33.9. The maximum Gasteiger partial charge on any atom is 3.00 e. The normalized spacial score (nSPS) is 20.8. The molecular formula is C33H45O2Rh. The first-order valence-electron chi connectivity index (χ1n) is 11.8. The van der Waals surface area contributed by atoms with E-state index in [1.807, 2.05) is 14.2 Å². The van der Waals surface area contributed by atoms with Crippen molar-refractivity contribution >= 4 is 0 Å². The Bertz CT molecular complexity index is 1050. The maximum absolute atomic E-state index is 5.92. The standard InChI is InChI=1S/C26H28O2.2C2H4.3CH3.Rh/c1-27-22-8-6-16-10-12-26-13-11-17-7-9-23(28-2)21(25(17)26)15-19-5-3-4-18(19)14-20(22)24(16)26;2*1-2;;;;/h4,6-9,19H,3,5,10-15H2,1-2H3;2*1-2H2;3*1H3;/q;;;3*-1;+3/t19?,26-;;;;;;/m0....../s1. The van der Waals surface area contributed by atoms with Gasteiger partial charge in [0.05, 0.1) is 14.2 Å². The quantitative estimate of drug-likeness (QED) is 0.204. The Morgan fingerprint density at radius 3 is 1.81 bits per heavy atom. The summed E-state index contributed by atoms with van der Waals surface area (Å²) >= 11 is 0. The molecule has 0 aliphatic heterocycles. The van der Waals surface area contributed by atoms with E-state index >= 15 is 0 Å². The van der Waals surface area contributed by atoms with Crippen molar-refractivity contribution in [2.75, 3.05) is 14.2 Å². The van der Waals surface area contributed by atoms with E-state index in [1.54, 1.807) is 27.8 Å². The third-order valence-corrected chi connectivity index (χ3v) is 8.03. The molecule has 6 rings (SSSR count). The third kappa shape index (κ3) is 5.01. The minimum absolute atomic E-state index is 0.